The van der Waals surface area contributed by atoms with E-state index in [4.69, 9.17) is 4.74 Å². The van der Waals surface area contributed by atoms with Crippen molar-refractivity contribution >= 4 is 28.6 Å². The van der Waals surface area contributed by atoms with Crippen LogP contribution in [0, 0.1) is 6.92 Å². The fourth-order valence-electron chi connectivity index (χ4n) is 3.27. The maximum Gasteiger partial charge on any atom is 0.130 e. The van der Waals surface area contributed by atoms with Gasteiger partial charge in [-0.15, -0.1) is 0 Å². The summed E-state index contributed by atoms with van der Waals surface area (Å²) in [5.74, 6) is 2.55. The van der Waals surface area contributed by atoms with Crippen molar-refractivity contribution in [2.24, 2.45) is 4.99 Å². The average molecular weight is 370 g/mol. The number of fused-ring (bicyclic) bond motifs is 1. The standard InChI is InChI=1S/C23H22N4O/c1-4-16(17-9-10-20-21(11-17)27-15(2)26-20)13-24-23-12-18(14-25-23)19-7-5-6-8-22(19)28-3/h4-14,25H,1-3H3,(H,26,27)/b16-4+,24-13-. The van der Waals surface area contributed by atoms with Gasteiger partial charge in [-0.05, 0) is 49.2 Å². The third-order valence-electron chi connectivity index (χ3n) is 4.67. The zero-order chi connectivity index (χ0) is 19.5. The van der Waals surface area contributed by atoms with Crippen LogP contribution in [-0.2, 0) is 0 Å². The molecule has 5 heteroatoms. The number of para-hydroxylation sites is 1. The number of nitrogens with zero attached hydrogens (tertiary/aromatic N) is 2. The van der Waals surface area contributed by atoms with Gasteiger partial charge in [-0.1, -0.05) is 30.3 Å². The molecule has 2 aromatic carbocycles. The summed E-state index contributed by atoms with van der Waals surface area (Å²) in [5.41, 5.74) is 6.22. The van der Waals surface area contributed by atoms with Gasteiger partial charge < -0.3 is 14.7 Å². The number of aryl methyl sites for hydroxylation is 1. The number of ether oxygens (including phenoxy) is 1. The lowest BCUT2D eigenvalue weighted by atomic mass is 10.1. The minimum atomic E-state index is 0.790. The summed E-state index contributed by atoms with van der Waals surface area (Å²) in [6, 6.07) is 16.2. The number of hydrogen-bond donors (Lipinski definition) is 2. The second kappa shape index (κ2) is 7.56. The molecule has 4 rings (SSSR count). The number of imidazole rings is 1. The van der Waals surface area contributed by atoms with Crippen molar-refractivity contribution in [1.29, 1.82) is 0 Å². The predicted molar refractivity (Wildman–Crippen MR) is 115 cm³/mol. The number of aromatic nitrogens is 3. The van der Waals surface area contributed by atoms with Crippen LogP contribution in [-0.4, -0.2) is 28.3 Å². The molecule has 0 radical (unpaired) electrons. The van der Waals surface area contributed by atoms with Crippen LogP contribution < -0.4 is 4.74 Å². The zero-order valence-electron chi connectivity index (χ0n) is 16.2. The number of benzene rings is 2. The van der Waals surface area contributed by atoms with Gasteiger partial charge in [-0.2, -0.15) is 0 Å². The van der Waals surface area contributed by atoms with Gasteiger partial charge in [0, 0.05) is 23.5 Å². The third kappa shape index (κ3) is 3.47. The Morgan fingerprint density at radius 1 is 1.14 bits per heavy atom. The molecule has 0 unspecified atom stereocenters. The van der Waals surface area contributed by atoms with Crippen LogP contribution in [0.4, 0.5) is 5.82 Å². The molecular formula is C23H22N4O. The Kier molecular flexibility index (Phi) is 4.81. The Morgan fingerprint density at radius 3 is 2.82 bits per heavy atom. The molecule has 5 nitrogen and oxygen atoms in total. The van der Waals surface area contributed by atoms with Gasteiger partial charge in [0.15, 0.2) is 0 Å². The van der Waals surface area contributed by atoms with E-state index in [1.807, 2.05) is 62.7 Å². The first-order chi connectivity index (χ1) is 13.7. The molecule has 0 aliphatic carbocycles. The Morgan fingerprint density at radius 2 is 2.00 bits per heavy atom. The van der Waals surface area contributed by atoms with Crippen LogP contribution in [0.5, 0.6) is 5.75 Å². The van der Waals surface area contributed by atoms with Gasteiger partial charge >= 0.3 is 0 Å². The number of H-pyrrole nitrogens is 2. The minimum absolute atomic E-state index is 0.790. The Bertz CT molecular complexity index is 1180. The number of rotatable bonds is 5. The fraction of sp³-hybridized carbons (Fsp3) is 0.130. The lowest BCUT2D eigenvalue weighted by Crippen LogP contribution is -1.86. The van der Waals surface area contributed by atoms with Crippen molar-refractivity contribution in [2.45, 2.75) is 13.8 Å². The molecular weight excluding hydrogens is 348 g/mol. The quantitative estimate of drug-likeness (QED) is 0.444. The van der Waals surface area contributed by atoms with Gasteiger partial charge in [-0.3, -0.25) is 0 Å². The summed E-state index contributed by atoms with van der Waals surface area (Å²) in [6.45, 7) is 3.97. The molecule has 0 aliphatic heterocycles. The molecule has 0 atom stereocenters. The average Bonchev–Trinajstić information content (AvgIpc) is 3.33. The van der Waals surface area contributed by atoms with Gasteiger partial charge in [0.25, 0.3) is 0 Å². The van der Waals surface area contributed by atoms with E-state index in [2.05, 4.69) is 38.2 Å². The molecule has 0 amide bonds. The van der Waals surface area contributed by atoms with Gasteiger partial charge in [-0.25, -0.2) is 9.98 Å². The topological polar surface area (TPSA) is 66.1 Å². The Hall–Kier alpha value is -3.60. The first-order valence-corrected chi connectivity index (χ1v) is 9.17. The summed E-state index contributed by atoms with van der Waals surface area (Å²) in [6.07, 6.45) is 5.87. The Labute approximate surface area is 163 Å². The molecule has 4 aromatic rings. The smallest absolute Gasteiger partial charge is 0.130 e. The zero-order valence-corrected chi connectivity index (χ0v) is 16.2. The summed E-state index contributed by atoms with van der Waals surface area (Å²) < 4.78 is 5.45. The van der Waals surface area contributed by atoms with Crippen molar-refractivity contribution in [3.8, 4) is 16.9 Å². The molecule has 2 aromatic heterocycles. The van der Waals surface area contributed by atoms with Crippen LogP contribution in [0.2, 0.25) is 0 Å². The van der Waals surface area contributed by atoms with E-state index in [0.717, 1.165) is 50.7 Å². The van der Waals surface area contributed by atoms with Crippen LogP contribution in [0.3, 0.4) is 0 Å². The van der Waals surface area contributed by atoms with E-state index < -0.39 is 0 Å². The molecule has 0 fully saturated rings. The highest BCUT2D eigenvalue weighted by Crippen LogP contribution is 2.31. The van der Waals surface area contributed by atoms with Gasteiger partial charge in [0.1, 0.15) is 17.4 Å². The van der Waals surface area contributed by atoms with Gasteiger partial charge in [0.05, 0.1) is 18.1 Å². The molecule has 0 bridgehead atoms. The van der Waals surface area contributed by atoms with Crippen molar-refractivity contribution in [3.05, 3.63) is 72.2 Å². The number of aromatic amines is 2. The molecule has 2 N–H and O–H groups in total. The monoisotopic (exact) mass is 370 g/mol. The van der Waals surface area contributed by atoms with Crippen molar-refractivity contribution in [1.82, 2.24) is 15.0 Å². The van der Waals surface area contributed by atoms with Crippen LogP contribution in [0.1, 0.15) is 18.3 Å². The van der Waals surface area contributed by atoms with Crippen LogP contribution in [0.15, 0.2) is 65.8 Å². The number of hydrogen-bond acceptors (Lipinski definition) is 3. The number of allylic oxidation sites excluding steroid dienone is 2. The number of aliphatic imine (C=N–C) groups is 1. The van der Waals surface area contributed by atoms with Crippen molar-refractivity contribution in [3.63, 3.8) is 0 Å². The maximum atomic E-state index is 5.45. The van der Waals surface area contributed by atoms with E-state index >= 15 is 0 Å². The van der Waals surface area contributed by atoms with E-state index in [-0.39, 0.29) is 0 Å². The lowest BCUT2D eigenvalue weighted by molar-refractivity contribution is 0.416. The summed E-state index contributed by atoms with van der Waals surface area (Å²) in [7, 11) is 1.68. The minimum Gasteiger partial charge on any atom is -0.496 e. The Balaban J connectivity index is 1.59. The third-order valence-corrected chi connectivity index (χ3v) is 4.67. The van der Waals surface area contributed by atoms with Crippen LogP contribution >= 0.6 is 0 Å². The summed E-state index contributed by atoms with van der Waals surface area (Å²) in [5, 5.41) is 0. The molecule has 2 heterocycles. The normalized spacial score (nSPS) is 12.2. The molecule has 28 heavy (non-hydrogen) atoms. The molecule has 140 valence electrons. The van der Waals surface area contributed by atoms with E-state index in [1.54, 1.807) is 7.11 Å². The maximum absolute atomic E-state index is 5.45. The van der Waals surface area contributed by atoms with Crippen LogP contribution in [0.25, 0.3) is 27.7 Å². The number of nitrogens with one attached hydrogen (secondary N) is 2. The molecule has 0 spiro atoms. The van der Waals surface area contributed by atoms with E-state index in [1.165, 1.54) is 0 Å². The predicted octanol–water partition coefficient (Wildman–Crippen LogP) is 5.68. The van der Waals surface area contributed by atoms with Crippen molar-refractivity contribution < 1.29 is 4.74 Å². The summed E-state index contributed by atoms with van der Waals surface area (Å²) >= 11 is 0. The first kappa shape index (κ1) is 17.8. The SMILES string of the molecule is C/C=C(\C=N/c1cc(-c2ccccc2OC)c[nH]1)c1ccc2nc(C)[nH]c2c1. The molecule has 0 saturated heterocycles. The van der Waals surface area contributed by atoms with E-state index in [9.17, 15) is 0 Å². The molecule has 0 aliphatic rings. The highest BCUT2D eigenvalue weighted by atomic mass is 16.5. The lowest BCUT2D eigenvalue weighted by Gasteiger charge is -2.05. The molecule has 0 saturated carbocycles. The largest absolute Gasteiger partial charge is 0.496 e. The second-order valence-electron chi connectivity index (χ2n) is 6.53. The second-order valence-corrected chi connectivity index (χ2v) is 6.53. The van der Waals surface area contributed by atoms with Gasteiger partial charge in [0.2, 0.25) is 0 Å². The first-order valence-electron chi connectivity index (χ1n) is 9.17. The summed E-state index contributed by atoms with van der Waals surface area (Å²) in [4.78, 5) is 15.6. The van der Waals surface area contributed by atoms with E-state index in [0.29, 0.717) is 0 Å². The fourth-order valence-corrected chi connectivity index (χ4v) is 3.27. The van der Waals surface area contributed by atoms with Crippen molar-refractivity contribution in [2.75, 3.05) is 7.11 Å². The highest BCUT2D eigenvalue weighted by Gasteiger charge is 2.07. The number of methoxy groups -OCH3 is 1. The highest BCUT2D eigenvalue weighted by molar-refractivity contribution is 6.11.